The molecule has 142 valence electrons. The number of H-pyrrole nitrogens is 2. The third-order valence-corrected chi connectivity index (χ3v) is 6.27. The standard InChI is InChI=1S/C17H15F2N3O4S/c1-9(12-7-10(18)3-5-14(12)19)22(2)27(25,26)11-4-6-15-13(8-11)16(23)21-17(24)20-15/h3-9H,1-2H3,(H2,20,21,23,24). The number of nitrogens with one attached hydrogen (secondary N) is 2. The Morgan fingerprint density at radius 1 is 1.04 bits per heavy atom. The predicted molar refractivity (Wildman–Crippen MR) is 94.9 cm³/mol. The summed E-state index contributed by atoms with van der Waals surface area (Å²) in [5, 5.41) is -0.0198. The van der Waals surface area contributed by atoms with Crippen LogP contribution in [0.15, 0.2) is 50.9 Å². The molecule has 10 heteroatoms. The second kappa shape index (κ2) is 6.71. The molecular weight excluding hydrogens is 380 g/mol. The number of aromatic nitrogens is 2. The molecule has 2 aromatic carbocycles. The zero-order valence-corrected chi connectivity index (χ0v) is 15.1. The molecule has 0 spiro atoms. The summed E-state index contributed by atoms with van der Waals surface area (Å²) in [5.74, 6) is -1.43. The number of halogens is 2. The summed E-state index contributed by atoms with van der Waals surface area (Å²) in [6.45, 7) is 1.42. The van der Waals surface area contributed by atoms with Gasteiger partial charge in [0.1, 0.15) is 11.6 Å². The Balaban J connectivity index is 2.07. The fraction of sp³-hybridized carbons (Fsp3) is 0.176. The van der Waals surface area contributed by atoms with Crippen molar-refractivity contribution in [2.24, 2.45) is 0 Å². The van der Waals surface area contributed by atoms with Gasteiger partial charge in [-0.05, 0) is 43.3 Å². The second-order valence-corrected chi connectivity index (χ2v) is 7.98. The first kappa shape index (κ1) is 18.9. The summed E-state index contributed by atoms with van der Waals surface area (Å²) < 4.78 is 54.1. The summed E-state index contributed by atoms with van der Waals surface area (Å²) in [5.41, 5.74) is -1.40. The van der Waals surface area contributed by atoms with E-state index in [9.17, 15) is 26.8 Å². The van der Waals surface area contributed by atoms with Gasteiger partial charge in [0.25, 0.3) is 5.56 Å². The van der Waals surface area contributed by atoms with Gasteiger partial charge in [0.15, 0.2) is 0 Å². The zero-order valence-electron chi connectivity index (χ0n) is 14.3. The summed E-state index contributed by atoms with van der Waals surface area (Å²) >= 11 is 0. The summed E-state index contributed by atoms with van der Waals surface area (Å²) in [6, 6.07) is 5.42. The first-order valence-corrected chi connectivity index (χ1v) is 9.24. The molecule has 0 aliphatic heterocycles. The maximum absolute atomic E-state index is 14.0. The van der Waals surface area contributed by atoms with E-state index >= 15 is 0 Å². The van der Waals surface area contributed by atoms with E-state index in [0.29, 0.717) is 0 Å². The topological polar surface area (TPSA) is 103 Å². The van der Waals surface area contributed by atoms with E-state index < -0.39 is 38.9 Å². The van der Waals surface area contributed by atoms with E-state index in [1.807, 2.05) is 4.98 Å². The smallest absolute Gasteiger partial charge is 0.307 e. The van der Waals surface area contributed by atoms with Gasteiger partial charge >= 0.3 is 5.69 Å². The van der Waals surface area contributed by atoms with Crippen LogP contribution in [0.5, 0.6) is 0 Å². The van der Waals surface area contributed by atoms with Gasteiger partial charge in [-0.15, -0.1) is 0 Å². The highest BCUT2D eigenvalue weighted by atomic mass is 32.2. The maximum Gasteiger partial charge on any atom is 0.326 e. The van der Waals surface area contributed by atoms with Gasteiger partial charge < -0.3 is 4.98 Å². The van der Waals surface area contributed by atoms with Crippen molar-refractivity contribution < 1.29 is 17.2 Å². The molecule has 27 heavy (non-hydrogen) atoms. The van der Waals surface area contributed by atoms with Crippen LogP contribution in [0.1, 0.15) is 18.5 Å². The van der Waals surface area contributed by atoms with Crippen LogP contribution in [0, 0.1) is 11.6 Å². The number of benzene rings is 2. The van der Waals surface area contributed by atoms with Crippen LogP contribution >= 0.6 is 0 Å². The number of hydrogen-bond acceptors (Lipinski definition) is 4. The molecule has 7 nitrogen and oxygen atoms in total. The third kappa shape index (κ3) is 3.40. The molecule has 1 aromatic heterocycles. The molecule has 0 aliphatic rings. The molecule has 1 heterocycles. The minimum Gasteiger partial charge on any atom is -0.307 e. The van der Waals surface area contributed by atoms with Crippen LogP contribution in [-0.4, -0.2) is 29.7 Å². The number of hydrogen-bond donors (Lipinski definition) is 2. The number of rotatable bonds is 4. The predicted octanol–water partition coefficient (Wildman–Crippen LogP) is 1.88. The Hall–Kier alpha value is -2.85. The number of nitrogens with zero attached hydrogens (tertiary/aromatic N) is 1. The fourth-order valence-electron chi connectivity index (χ4n) is 2.71. The van der Waals surface area contributed by atoms with E-state index in [1.54, 1.807) is 0 Å². The number of aromatic amines is 2. The summed E-state index contributed by atoms with van der Waals surface area (Å²) in [4.78, 5) is 27.4. The molecule has 3 rings (SSSR count). The Bertz CT molecular complexity index is 1250. The summed E-state index contributed by atoms with van der Waals surface area (Å²) in [7, 11) is -2.91. The highest BCUT2D eigenvalue weighted by molar-refractivity contribution is 7.89. The van der Waals surface area contributed by atoms with Crippen molar-refractivity contribution >= 4 is 20.9 Å². The minimum absolute atomic E-state index is 0.0198. The molecule has 0 radical (unpaired) electrons. The van der Waals surface area contributed by atoms with E-state index in [4.69, 9.17) is 0 Å². The Labute approximate surface area is 152 Å². The molecule has 0 saturated heterocycles. The molecule has 2 N–H and O–H groups in total. The van der Waals surface area contributed by atoms with E-state index in [1.165, 1.54) is 26.1 Å². The van der Waals surface area contributed by atoms with Crippen molar-refractivity contribution in [3.63, 3.8) is 0 Å². The lowest BCUT2D eigenvalue weighted by Crippen LogP contribution is -2.30. The Morgan fingerprint density at radius 2 is 1.74 bits per heavy atom. The molecule has 0 saturated carbocycles. The largest absolute Gasteiger partial charge is 0.326 e. The van der Waals surface area contributed by atoms with Gasteiger partial charge in [0.05, 0.1) is 15.8 Å². The Kier molecular flexibility index (Phi) is 4.70. The number of sulfonamides is 1. The molecular formula is C17H15F2N3O4S. The van der Waals surface area contributed by atoms with Gasteiger partial charge in [-0.2, -0.15) is 4.31 Å². The SMILES string of the molecule is CC(c1cc(F)ccc1F)N(C)S(=O)(=O)c1ccc2[nH]c(=O)[nH]c(=O)c2c1. The molecule has 3 aromatic rings. The minimum atomic E-state index is -4.13. The Morgan fingerprint density at radius 3 is 2.44 bits per heavy atom. The van der Waals surface area contributed by atoms with Gasteiger partial charge in [0, 0.05) is 18.7 Å². The van der Waals surface area contributed by atoms with Crippen molar-refractivity contribution in [3.05, 3.63) is 74.4 Å². The van der Waals surface area contributed by atoms with Crippen LogP contribution in [0.2, 0.25) is 0 Å². The molecule has 0 amide bonds. The van der Waals surface area contributed by atoms with E-state index in [-0.39, 0.29) is 21.4 Å². The first-order chi connectivity index (χ1) is 12.6. The van der Waals surface area contributed by atoms with Gasteiger partial charge in [0.2, 0.25) is 10.0 Å². The van der Waals surface area contributed by atoms with Crippen LogP contribution in [0.3, 0.4) is 0 Å². The summed E-state index contributed by atoms with van der Waals surface area (Å²) in [6.07, 6.45) is 0. The number of fused-ring (bicyclic) bond motifs is 1. The van der Waals surface area contributed by atoms with Crippen molar-refractivity contribution in [3.8, 4) is 0 Å². The zero-order chi connectivity index (χ0) is 19.9. The average molecular weight is 395 g/mol. The van der Waals surface area contributed by atoms with Crippen molar-refractivity contribution in [1.82, 2.24) is 14.3 Å². The van der Waals surface area contributed by atoms with Crippen LogP contribution in [0.25, 0.3) is 10.9 Å². The van der Waals surface area contributed by atoms with Crippen LogP contribution < -0.4 is 11.2 Å². The molecule has 0 bridgehead atoms. The molecule has 1 unspecified atom stereocenters. The van der Waals surface area contributed by atoms with Gasteiger partial charge in [-0.3, -0.25) is 9.78 Å². The normalized spacial score (nSPS) is 13.2. The molecule has 0 fully saturated rings. The lowest BCUT2D eigenvalue weighted by molar-refractivity contribution is 0.386. The average Bonchev–Trinajstić information content (AvgIpc) is 2.62. The van der Waals surface area contributed by atoms with E-state index in [0.717, 1.165) is 28.6 Å². The fourth-order valence-corrected chi connectivity index (χ4v) is 4.08. The van der Waals surface area contributed by atoms with E-state index in [2.05, 4.69) is 4.98 Å². The second-order valence-electron chi connectivity index (χ2n) is 5.98. The lowest BCUT2D eigenvalue weighted by atomic mass is 10.1. The third-order valence-electron chi connectivity index (χ3n) is 4.34. The molecule has 0 aliphatic carbocycles. The highest BCUT2D eigenvalue weighted by Crippen LogP contribution is 2.28. The van der Waals surface area contributed by atoms with Crippen molar-refractivity contribution in [1.29, 1.82) is 0 Å². The van der Waals surface area contributed by atoms with Crippen molar-refractivity contribution in [2.75, 3.05) is 7.05 Å². The monoisotopic (exact) mass is 395 g/mol. The first-order valence-electron chi connectivity index (χ1n) is 7.80. The van der Waals surface area contributed by atoms with Crippen LogP contribution in [0.4, 0.5) is 8.78 Å². The van der Waals surface area contributed by atoms with Crippen LogP contribution in [-0.2, 0) is 10.0 Å². The van der Waals surface area contributed by atoms with Gasteiger partial charge in [-0.1, -0.05) is 0 Å². The maximum atomic E-state index is 14.0. The van der Waals surface area contributed by atoms with Gasteiger partial charge in [-0.25, -0.2) is 22.0 Å². The van der Waals surface area contributed by atoms with Crippen molar-refractivity contribution in [2.45, 2.75) is 17.9 Å². The highest BCUT2D eigenvalue weighted by Gasteiger charge is 2.28. The quantitative estimate of drug-likeness (QED) is 0.704. The lowest BCUT2D eigenvalue weighted by Gasteiger charge is -2.25. The molecule has 1 atom stereocenters.